The van der Waals surface area contributed by atoms with E-state index in [0.717, 1.165) is 31.7 Å². The third-order valence-corrected chi connectivity index (χ3v) is 5.03. The lowest BCUT2D eigenvalue weighted by Gasteiger charge is -2.43. The molecule has 0 bridgehead atoms. The molecule has 1 heterocycles. The average Bonchev–Trinajstić information content (AvgIpc) is 2.52. The van der Waals surface area contributed by atoms with E-state index in [0.29, 0.717) is 6.04 Å². The fourth-order valence-corrected chi connectivity index (χ4v) is 3.65. The SMILES string of the molecule is COc1ccc(C(C)OC)c2c1C[C@@H]1[C@@H](C2)OCCN1C. The summed E-state index contributed by atoms with van der Waals surface area (Å²) in [5.74, 6) is 0.995. The zero-order valence-corrected chi connectivity index (χ0v) is 13.4. The third-order valence-electron chi connectivity index (χ3n) is 5.03. The highest BCUT2D eigenvalue weighted by Gasteiger charge is 2.37. The van der Waals surface area contributed by atoms with Gasteiger partial charge in [-0.2, -0.15) is 0 Å². The van der Waals surface area contributed by atoms with Crippen molar-refractivity contribution in [2.75, 3.05) is 34.4 Å². The first-order chi connectivity index (χ1) is 10.2. The maximum atomic E-state index is 6.03. The van der Waals surface area contributed by atoms with Gasteiger partial charge in [0.25, 0.3) is 0 Å². The number of likely N-dealkylation sites (N-methyl/N-ethyl adjacent to an activating group) is 1. The molecule has 0 radical (unpaired) electrons. The standard InChI is InChI=1S/C17H25NO3/c1-11(19-3)12-5-6-16(20-4)14-9-15-17(10-13(12)14)21-8-7-18(15)2/h5-6,11,15,17H,7-10H2,1-4H3/t11?,15-,17-/m1/s1. The molecule has 1 aromatic carbocycles. The third kappa shape index (κ3) is 2.56. The van der Waals surface area contributed by atoms with Crippen LogP contribution in [0.2, 0.25) is 0 Å². The molecular formula is C17H25NO3. The molecule has 1 aromatic rings. The highest BCUT2D eigenvalue weighted by atomic mass is 16.5. The zero-order valence-electron chi connectivity index (χ0n) is 13.4. The van der Waals surface area contributed by atoms with E-state index in [4.69, 9.17) is 14.2 Å². The maximum Gasteiger partial charge on any atom is 0.122 e. The molecule has 2 aliphatic rings. The Labute approximate surface area is 127 Å². The van der Waals surface area contributed by atoms with Crippen molar-refractivity contribution in [3.63, 3.8) is 0 Å². The lowest BCUT2D eigenvalue weighted by atomic mass is 9.81. The molecule has 1 fully saturated rings. The molecule has 0 spiro atoms. The molecule has 0 aromatic heterocycles. The topological polar surface area (TPSA) is 30.9 Å². The van der Waals surface area contributed by atoms with Gasteiger partial charge < -0.3 is 14.2 Å². The quantitative estimate of drug-likeness (QED) is 0.854. The van der Waals surface area contributed by atoms with Crippen LogP contribution in [0.3, 0.4) is 0 Å². The van der Waals surface area contributed by atoms with Gasteiger partial charge in [0.05, 0.1) is 25.9 Å². The average molecular weight is 291 g/mol. The second kappa shape index (κ2) is 5.95. The van der Waals surface area contributed by atoms with Crippen LogP contribution in [0.15, 0.2) is 12.1 Å². The number of morpholine rings is 1. The normalized spacial score (nSPS) is 26.9. The van der Waals surface area contributed by atoms with Crippen LogP contribution in [0.1, 0.15) is 29.7 Å². The minimum Gasteiger partial charge on any atom is -0.496 e. The van der Waals surface area contributed by atoms with Crippen LogP contribution in [-0.2, 0) is 22.3 Å². The van der Waals surface area contributed by atoms with Gasteiger partial charge in [-0.05, 0) is 43.1 Å². The Bertz CT molecular complexity index is 517. The smallest absolute Gasteiger partial charge is 0.122 e. The summed E-state index contributed by atoms with van der Waals surface area (Å²) in [6, 6.07) is 4.67. The molecule has 4 heteroatoms. The summed E-state index contributed by atoms with van der Waals surface area (Å²) < 4.78 is 17.2. The fraction of sp³-hybridized carbons (Fsp3) is 0.647. The van der Waals surface area contributed by atoms with Gasteiger partial charge in [-0.3, -0.25) is 4.90 Å². The molecule has 21 heavy (non-hydrogen) atoms. The molecule has 1 aliphatic heterocycles. The van der Waals surface area contributed by atoms with E-state index in [-0.39, 0.29) is 12.2 Å². The summed E-state index contributed by atoms with van der Waals surface area (Å²) in [6.45, 7) is 3.93. The molecule has 0 amide bonds. The van der Waals surface area contributed by atoms with E-state index in [1.165, 1.54) is 16.7 Å². The van der Waals surface area contributed by atoms with Crippen LogP contribution in [0.25, 0.3) is 0 Å². The summed E-state index contributed by atoms with van der Waals surface area (Å²) in [7, 11) is 5.71. The molecule has 3 atom stereocenters. The lowest BCUT2D eigenvalue weighted by molar-refractivity contribution is -0.0649. The summed E-state index contributed by atoms with van der Waals surface area (Å²) in [6.07, 6.45) is 2.32. The molecule has 1 unspecified atom stereocenters. The van der Waals surface area contributed by atoms with Crippen LogP contribution in [-0.4, -0.2) is 51.5 Å². The second-order valence-corrected chi connectivity index (χ2v) is 6.06. The summed E-state index contributed by atoms with van der Waals surface area (Å²) >= 11 is 0. The van der Waals surface area contributed by atoms with Crippen LogP contribution in [0, 0.1) is 0 Å². The van der Waals surface area contributed by atoms with Crippen LogP contribution < -0.4 is 4.74 Å². The summed E-state index contributed by atoms with van der Waals surface area (Å²) in [5, 5.41) is 0. The number of rotatable bonds is 3. The number of nitrogens with zero attached hydrogens (tertiary/aromatic N) is 1. The number of ether oxygens (including phenoxy) is 3. The Morgan fingerprint density at radius 1 is 1.24 bits per heavy atom. The van der Waals surface area contributed by atoms with Crippen LogP contribution >= 0.6 is 0 Å². The highest BCUT2D eigenvalue weighted by Crippen LogP contribution is 2.38. The van der Waals surface area contributed by atoms with Crippen molar-refractivity contribution >= 4 is 0 Å². The fourth-order valence-electron chi connectivity index (χ4n) is 3.65. The zero-order chi connectivity index (χ0) is 15.0. The van der Waals surface area contributed by atoms with Gasteiger partial charge in [0.2, 0.25) is 0 Å². The second-order valence-electron chi connectivity index (χ2n) is 6.06. The van der Waals surface area contributed by atoms with Gasteiger partial charge in [0.1, 0.15) is 5.75 Å². The maximum absolute atomic E-state index is 6.03. The van der Waals surface area contributed by atoms with Gasteiger partial charge in [0, 0.05) is 26.1 Å². The number of fused-ring (bicyclic) bond motifs is 2. The number of hydrogen-bond acceptors (Lipinski definition) is 4. The molecule has 116 valence electrons. The number of benzene rings is 1. The van der Waals surface area contributed by atoms with Crippen molar-refractivity contribution in [1.29, 1.82) is 0 Å². The van der Waals surface area contributed by atoms with Crippen LogP contribution in [0.4, 0.5) is 0 Å². The number of methoxy groups -OCH3 is 2. The van der Waals surface area contributed by atoms with Crippen molar-refractivity contribution in [1.82, 2.24) is 4.90 Å². The predicted molar refractivity (Wildman–Crippen MR) is 82.0 cm³/mol. The Kier molecular flexibility index (Phi) is 4.20. The van der Waals surface area contributed by atoms with Gasteiger partial charge >= 0.3 is 0 Å². The van der Waals surface area contributed by atoms with Crippen molar-refractivity contribution in [3.8, 4) is 5.75 Å². The minimum atomic E-state index is 0.0996. The largest absolute Gasteiger partial charge is 0.496 e. The summed E-state index contributed by atoms with van der Waals surface area (Å²) in [5.41, 5.74) is 3.96. The van der Waals surface area contributed by atoms with E-state index in [2.05, 4.69) is 31.0 Å². The molecule has 3 rings (SSSR count). The monoisotopic (exact) mass is 291 g/mol. The number of hydrogen-bond donors (Lipinski definition) is 0. The molecule has 0 N–H and O–H groups in total. The first-order valence-electron chi connectivity index (χ1n) is 7.69. The first kappa shape index (κ1) is 14.8. The highest BCUT2D eigenvalue weighted by molar-refractivity contribution is 5.48. The van der Waals surface area contributed by atoms with E-state index >= 15 is 0 Å². The Balaban J connectivity index is 2.03. The van der Waals surface area contributed by atoms with E-state index in [1.807, 2.05) is 0 Å². The lowest BCUT2D eigenvalue weighted by Crippen LogP contribution is -2.53. The first-order valence-corrected chi connectivity index (χ1v) is 7.69. The molecular weight excluding hydrogens is 266 g/mol. The van der Waals surface area contributed by atoms with E-state index < -0.39 is 0 Å². The molecule has 1 saturated heterocycles. The van der Waals surface area contributed by atoms with Crippen molar-refractivity contribution in [3.05, 3.63) is 28.8 Å². The van der Waals surface area contributed by atoms with E-state index in [9.17, 15) is 0 Å². The van der Waals surface area contributed by atoms with Gasteiger partial charge in [-0.25, -0.2) is 0 Å². The van der Waals surface area contributed by atoms with Crippen molar-refractivity contribution < 1.29 is 14.2 Å². The minimum absolute atomic E-state index is 0.0996. The molecule has 0 saturated carbocycles. The van der Waals surface area contributed by atoms with Gasteiger partial charge in [-0.1, -0.05) is 6.07 Å². The van der Waals surface area contributed by atoms with E-state index in [1.54, 1.807) is 14.2 Å². The molecule has 4 nitrogen and oxygen atoms in total. The van der Waals surface area contributed by atoms with Crippen molar-refractivity contribution in [2.45, 2.75) is 38.0 Å². The van der Waals surface area contributed by atoms with Gasteiger partial charge in [-0.15, -0.1) is 0 Å². The Morgan fingerprint density at radius 2 is 2.05 bits per heavy atom. The summed E-state index contributed by atoms with van der Waals surface area (Å²) in [4.78, 5) is 2.42. The predicted octanol–water partition coefficient (Wildman–Crippen LogP) is 2.20. The van der Waals surface area contributed by atoms with Crippen molar-refractivity contribution in [2.24, 2.45) is 0 Å². The Hall–Kier alpha value is -1.10. The van der Waals surface area contributed by atoms with Gasteiger partial charge in [0.15, 0.2) is 0 Å². The van der Waals surface area contributed by atoms with Crippen LogP contribution in [0.5, 0.6) is 5.75 Å². The molecule has 1 aliphatic carbocycles. The Morgan fingerprint density at radius 3 is 2.76 bits per heavy atom.